The number of halogens is 1. The van der Waals surface area contributed by atoms with E-state index in [1.807, 2.05) is 54.4 Å². The summed E-state index contributed by atoms with van der Waals surface area (Å²) in [5.41, 5.74) is 1.43. The van der Waals surface area contributed by atoms with Crippen LogP contribution < -0.4 is 5.32 Å². The molecule has 5 heteroatoms. The lowest BCUT2D eigenvalue weighted by Crippen LogP contribution is -2.34. The molecule has 1 atom stereocenters. The van der Waals surface area contributed by atoms with Gasteiger partial charge in [-0.1, -0.05) is 30.3 Å². The van der Waals surface area contributed by atoms with Crippen LogP contribution in [0, 0.1) is 5.82 Å². The normalized spacial score (nSPS) is 12.1. The molecule has 0 aliphatic heterocycles. The number of benzene rings is 2. The molecule has 0 fully saturated rings. The number of nitrogens with one attached hydrogen (secondary N) is 1. The van der Waals surface area contributed by atoms with Crippen LogP contribution in [-0.4, -0.2) is 17.9 Å². The molecule has 0 unspecified atom stereocenters. The molecule has 3 rings (SSSR count). The van der Waals surface area contributed by atoms with Crippen LogP contribution in [0.15, 0.2) is 77.4 Å². The Bertz CT molecular complexity index is 801. The van der Waals surface area contributed by atoms with Gasteiger partial charge in [0.15, 0.2) is 0 Å². The number of likely N-dealkylation sites (N-methyl/N-ethyl adjacent to an activating group) is 1. The Morgan fingerprint density at radius 2 is 1.80 bits per heavy atom. The second-order valence-electron chi connectivity index (χ2n) is 5.80. The number of hydrogen-bond acceptors (Lipinski definition) is 3. The van der Waals surface area contributed by atoms with Crippen molar-refractivity contribution in [3.05, 3.63) is 90.1 Å². The smallest absolute Gasteiger partial charge is 0.246 e. The number of amides is 1. The van der Waals surface area contributed by atoms with Gasteiger partial charge in [-0.3, -0.25) is 9.69 Å². The average molecular weight is 338 g/mol. The van der Waals surface area contributed by atoms with E-state index in [0.717, 1.165) is 11.3 Å². The van der Waals surface area contributed by atoms with Crippen LogP contribution in [-0.2, 0) is 11.3 Å². The van der Waals surface area contributed by atoms with Gasteiger partial charge in [0.2, 0.25) is 5.91 Å². The first-order valence-corrected chi connectivity index (χ1v) is 7.97. The number of rotatable bonds is 6. The Morgan fingerprint density at radius 3 is 2.44 bits per heavy atom. The zero-order valence-corrected chi connectivity index (χ0v) is 13.9. The molecule has 0 aliphatic rings. The zero-order valence-electron chi connectivity index (χ0n) is 13.9. The molecule has 3 aromatic rings. The van der Waals surface area contributed by atoms with E-state index in [0.29, 0.717) is 12.2 Å². The third-order valence-electron chi connectivity index (χ3n) is 3.90. The van der Waals surface area contributed by atoms with Crippen molar-refractivity contribution in [3.8, 4) is 0 Å². The SMILES string of the molecule is CN(Cc1ccco1)[C@H](C(=O)Nc1ccc(F)cc1)c1ccccc1. The summed E-state index contributed by atoms with van der Waals surface area (Å²) in [4.78, 5) is 14.8. The molecule has 2 aromatic carbocycles. The minimum Gasteiger partial charge on any atom is -0.468 e. The molecule has 25 heavy (non-hydrogen) atoms. The summed E-state index contributed by atoms with van der Waals surface area (Å²) in [6.07, 6.45) is 1.61. The van der Waals surface area contributed by atoms with E-state index in [9.17, 15) is 9.18 Å². The third kappa shape index (κ3) is 4.33. The maximum Gasteiger partial charge on any atom is 0.246 e. The van der Waals surface area contributed by atoms with Gasteiger partial charge in [0.25, 0.3) is 0 Å². The molecular formula is C20H19FN2O2. The highest BCUT2D eigenvalue weighted by atomic mass is 19.1. The lowest BCUT2D eigenvalue weighted by Gasteiger charge is -2.27. The number of hydrogen-bond donors (Lipinski definition) is 1. The van der Waals surface area contributed by atoms with Crippen LogP contribution in [0.1, 0.15) is 17.4 Å². The maximum absolute atomic E-state index is 13.1. The summed E-state index contributed by atoms with van der Waals surface area (Å²) in [7, 11) is 1.87. The lowest BCUT2D eigenvalue weighted by atomic mass is 10.0. The van der Waals surface area contributed by atoms with Crippen LogP contribution in [0.4, 0.5) is 10.1 Å². The standard InChI is InChI=1S/C20H19FN2O2/c1-23(14-18-8-5-13-25-18)19(15-6-3-2-4-7-15)20(24)22-17-11-9-16(21)10-12-17/h2-13,19H,14H2,1H3,(H,22,24)/t19-/m0/s1. The highest BCUT2D eigenvalue weighted by Crippen LogP contribution is 2.23. The summed E-state index contributed by atoms with van der Waals surface area (Å²) < 4.78 is 18.4. The predicted octanol–water partition coefficient (Wildman–Crippen LogP) is 4.23. The number of carbonyl (C=O) groups excluding carboxylic acids is 1. The topological polar surface area (TPSA) is 45.5 Å². The van der Waals surface area contributed by atoms with Gasteiger partial charge in [-0.25, -0.2) is 4.39 Å². The molecule has 0 saturated heterocycles. The highest BCUT2D eigenvalue weighted by Gasteiger charge is 2.25. The summed E-state index contributed by atoms with van der Waals surface area (Å²) in [5, 5.41) is 2.85. The highest BCUT2D eigenvalue weighted by molar-refractivity contribution is 5.95. The summed E-state index contributed by atoms with van der Waals surface area (Å²) in [6, 6.07) is 18.4. The second kappa shape index (κ2) is 7.77. The summed E-state index contributed by atoms with van der Waals surface area (Å²) in [5.74, 6) is 0.248. The second-order valence-corrected chi connectivity index (χ2v) is 5.80. The van der Waals surface area contributed by atoms with Gasteiger partial charge in [0, 0.05) is 5.69 Å². The molecule has 128 valence electrons. The molecule has 1 aromatic heterocycles. The van der Waals surface area contributed by atoms with E-state index in [4.69, 9.17) is 4.42 Å². The van der Waals surface area contributed by atoms with E-state index >= 15 is 0 Å². The Balaban J connectivity index is 1.82. The fraction of sp³-hybridized carbons (Fsp3) is 0.150. The Hall–Kier alpha value is -2.92. The molecule has 0 radical (unpaired) electrons. The zero-order chi connectivity index (χ0) is 17.6. The molecule has 4 nitrogen and oxygen atoms in total. The quantitative estimate of drug-likeness (QED) is 0.731. The van der Waals surface area contributed by atoms with Crippen molar-refractivity contribution in [3.63, 3.8) is 0 Å². The molecule has 1 amide bonds. The van der Waals surface area contributed by atoms with Crippen molar-refractivity contribution in [2.75, 3.05) is 12.4 Å². The van der Waals surface area contributed by atoms with E-state index in [1.165, 1.54) is 12.1 Å². The fourth-order valence-electron chi connectivity index (χ4n) is 2.72. The Labute approximate surface area is 145 Å². The van der Waals surface area contributed by atoms with Crippen molar-refractivity contribution in [1.82, 2.24) is 4.90 Å². The van der Waals surface area contributed by atoms with Crippen molar-refractivity contribution < 1.29 is 13.6 Å². The number of nitrogens with zero attached hydrogens (tertiary/aromatic N) is 1. The lowest BCUT2D eigenvalue weighted by molar-refractivity contribution is -0.121. The average Bonchev–Trinajstić information content (AvgIpc) is 3.11. The Morgan fingerprint density at radius 1 is 1.08 bits per heavy atom. The Kier molecular flexibility index (Phi) is 5.26. The molecule has 1 N–H and O–H groups in total. The van der Waals surface area contributed by atoms with Gasteiger partial charge >= 0.3 is 0 Å². The van der Waals surface area contributed by atoms with Crippen molar-refractivity contribution in [1.29, 1.82) is 0 Å². The molecule has 1 heterocycles. The summed E-state index contributed by atoms with van der Waals surface area (Å²) >= 11 is 0. The van der Waals surface area contributed by atoms with Crippen LogP contribution in [0.5, 0.6) is 0 Å². The van der Waals surface area contributed by atoms with Gasteiger partial charge < -0.3 is 9.73 Å². The van der Waals surface area contributed by atoms with Crippen molar-refractivity contribution in [2.45, 2.75) is 12.6 Å². The van der Waals surface area contributed by atoms with E-state index < -0.39 is 6.04 Å². The fourth-order valence-corrected chi connectivity index (χ4v) is 2.72. The minimum absolute atomic E-state index is 0.188. The first-order valence-electron chi connectivity index (χ1n) is 7.97. The number of carbonyl (C=O) groups is 1. The van der Waals surface area contributed by atoms with Gasteiger partial charge in [0.1, 0.15) is 17.6 Å². The number of anilines is 1. The first kappa shape index (κ1) is 16.9. The molecular weight excluding hydrogens is 319 g/mol. The van der Waals surface area contributed by atoms with E-state index in [-0.39, 0.29) is 11.7 Å². The van der Waals surface area contributed by atoms with Gasteiger partial charge in [-0.05, 0) is 49.0 Å². The third-order valence-corrected chi connectivity index (χ3v) is 3.90. The predicted molar refractivity (Wildman–Crippen MR) is 94.4 cm³/mol. The largest absolute Gasteiger partial charge is 0.468 e. The summed E-state index contributed by atoms with van der Waals surface area (Å²) in [6.45, 7) is 0.489. The number of furan rings is 1. The van der Waals surface area contributed by atoms with Crippen molar-refractivity contribution in [2.24, 2.45) is 0 Å². The van der Waals surface area contributed by atoms with Gasteiger partial charge in [0.05, 0.1) is 12.8 Å². The molecule has 0 saturated carbocycles. The van der Waals surface area contributed by atoms with Gasteiger partial charge in [-0.15, -0.1) is 0 Å². The molecule has 0 aliphatic carbocycles. The van der Waals surface area contributed by atoms with Crippen LogP contribution >= 0.6 is 0 Å². The van der Waals surface area contributed by atoms with Crippen LogP contribution in [0.25, 0.3) is 0 Å². The van der Waals surface area contributed by atoms with E-state index in [1.54, 1.807) is 18.4 Å². The molecule has 0 spiro atoms. The van der Waals surface area contributed by atoms with Crippen molar-refractivity contribution >= 4 is 11.6 Å². The van der Waals surface area contributed by atoms with Gasteiger partial charge in [-0.2, -0.15) is 0 Å². The van der Waals surface area contributed by atoms with Crippen LogP contribution in [0.3, 0.4) is 0 Å². The van der Waals surface area contributed by atoms with Crippen LogP contribution in [0.2, 0.25) is 0 Å². The maximum atomic E-state index is 13.1. The molecule has 0 bridgehead atoms. The minimum atomic E-state index is -0.503. The van der Waals surface area contributed by atoms with E-state index in [2.05, 4.69) is 5.32 Å². The monoisotopic (exact) mass is 338 g/mol. The first-order chi connectivity index (χ1) is 12.1.